The van der Waals surface area contributed by atoms with Crippen molar-refractivity contribution in [3.05, 3.63) is 52.7 Å². The molecule has 1 aromatic heterocycles. The first-order valence-electron chi connectivity index (χ1n) is 5.44. The van der Waals surface area contributed by atoms with Gasteiger partial charge in [0.25, 0.3) is 0 Å². The highest BCUT2D eigenvalue weighted by atomic mass is 32.2. The molecule has 0 N–H and O–H groups in total. The van der Waals surface area contributed by atoms with Crippen LogP contribution in [-0.4, -0.2) is 20.0 Å². The lowest BCUT2D eigenvalue weighted by Crippen LogP contribution is -2.11. The number of benzene rings is 1. The molecule has 0 aliphatic carbocycles. The van der Waals surface area contributed by atoms with E-state index in [0.717, 1.165) is 0 Å². The molecule has 0 atom stereocenters. The molecule has 2 rings (SSSR count). The Morgan fingerprint density at radius 2 is 1.78 bits per heavy atom. The minimum absolute atomic E-state index is 0.0255. The van der Waals surface area contributed by atoms with E-state index in [9.17, 15) is 13.2 Å². The normalized spacial score (nSPS) is 11.3. The summed E-state index contributed by atoms with van der Waals surface area (Å²) in [4.78, 5) is 12.6. The molecule has 0 amide bonds. The van der Waals surface area contributed by atoms with Crippen molar-refractivity contribution in [3.8, 4) is 0 Å². The first kappa shape index (κ1) is 13.0. The molecule has 1 aromatic carbocycles. The van der Waals surface area contributed by atoms with E-state index < -0.39 is 9.84 Å². The van der Waals surface area contributed by atoms with Crippen molar-refractivity contribution in [1.29, 1.82) is 0 Å². The Bertz CT molecular complexity index is 614. The van der Waals surface area contributed by atoms with Gasteiger partial charge in [0.05, 0.1) is 15.5 Å². The maximum absolute atomic E-state index is 12.0. The molecule has 0 unspecified atom stereocenters. The Balaban J connectivity index is 2.05. The molecule has 3 nitrogen and oxygen atoms in total. The summed E-state index contributed by atoms with van der Waals surface area (Å²) in [7, 11) is -3.36. The quantitative estimate of drug-likeness (QED) is 0.791. The fraction of sp³-hybridized carbons (Fsp3) is 0.154. The van der Waals surface area contributed by atoms with E-state index in [0.29, 0.717) is 4.88 Å². The SMILES string of the molecule is O=C(CCS(=O)(=O)c1ccccc1)c1cccs1. The lowest BCUT2D eigenvalue weighted by atomic mass is 10.3. The van der Waals surface area contributed by atoms with Crippen molar-refractivity contribution in [2.45, 2.75) is 11.3 Å². The van der Waals surface area contributed by atoms with Crippen molar-refractivity contribution in [3.63, 3.8) is 0 Å². The van der Waals surface area contributed by atoms with Crippen molar-refractivity contribution in [1.82, 2.24) is 0 Å². The summed E-state index contributed by atoms with van der Waals surface area (Å²) in [6.45, 7) is 0. The van der Waals surface area contributed by atoms with Gasteiger partial charge in [0.15, 0.2) is 15.6 Å². The molecule has 5 heteroatoms. The number of carbonyl (C=O) groups excluding carboxylic acids is 1. The first-order chi connectivity index (χ1) is 8.59. The summed E-state index contributed by atoms with van der Waals surface area (Å²) < 4.78 is 23.9. The highest BCUT2D eigenvalue weighted by Crippen LogP contribution is 2.15. The molecular weight excluding hydrogens is 268 g/mol. The Labute approximate surface area is 110 Å². The zero-order chi connectivity index (χ0) is 13.0. The topological polar surface area (TPSA) is 51.2 Å². The summed E-state index contributed by atoms with van der Waals surface area (Å²) in [6.07, 6.45) is 0.0255. The molecule has 0 fully saturated rings. The van der Waals surface area contributed by atoms with Crippen LogP contribution in [0.4, 0.5) is 0 Å². The van der Waals surface area contributed by atoms with E-state index in [-0.39, 0.29) is 22.9 Å². The molecule has 94 valence electrons. The zero-order valence-electron chi connectivity index (χ0n) is 9.57. The van der Waals surface area contributed by atoms with Gasteiger partial charge in [-0.3, -0.25) is 4.79 Å². The molecule has 18 heavy (non-hydrogen) atoms. The van der Waals surface area contributed by atoms with Crippen LogP contribution in [0.15, 0.2) is 52.7 Å². The van der Waals surface area contributed by atoms with Gasteiger partial charge in [-0.05, 0) is 23.6 Å². The van der Waals surface area contributed by atoms with Crippen LogP contribution in [0.5, 0.6) is 0 Å². The number of carbonyl (C=O) groups is 1. The number of hydrogen-bond donors (Lipinski definition) is 0. The van der Waals surface area contributed by atoms with E-state index in [1.165, 1.54) is 11.3 Å². The van der Waals surface area contributed by atoms with Crippen molar-refractivity contribution < 1.29 is 13.2 Å². The maximum Gasteiger partial charge on any atom is 0.178 e. The third-order valence-electron chi connectivity index (χ3n) is 2.50. The van der Waals surface area contributed by atoms with Gasteiger partial charge in [-0.1, -0.05) is 24.3 Å². The predicted octanol–water partition coefficient (Wildman–Crippen LogP) is 2.79. The van der Waals surface area contributed by atoms with E-state index in [1.54, 1.807) is 47.8 Å². The minimum atomic E-state index is -3.36. The molecule has 0 saturated carbocycles. The average Bonchev–Trinajstić information content (AvgIpc) is 2.91. The number of sulfone groups is 1. The molecule has 0 bridgehead atoms. The number of hydrogen-bond acceptors (Lipinski definition) is 4. The number of rotatable bonds is 5. The predicted molar refractivity (Wildman–Crippen MR) is 71.8 cm³/mol. The third kappa shape index (κ3) is 3.05. The van der Waals surface area contributed by atoms with Crippen LogP contribution in [-0.2, 0) is 9.84 Å². The largest absolute Gasteiger partial charge is 0.293 e. The second kappa shape index (κ2) is 5.46. The second-order valence-electron chi connectivity index (χ2n) is 3.78. The molecule has 0 saturated heterocycles. The fourth-order valence-corrected chi connectivity index (χ4v) is 3.49. The molecule has 0 radical (unpaired) electrons. The van der Waals surface area contributed by atoms with Crippen LogP contribution in [0.3, 0.4) is 0 Å². The molecule has 1 heterocycles. The van der Waals surface area contributed by atoms with E-state index >= 15 is 0 Å². The van der Waals surface area contributed by atoms with Gasteiger partial charge in [-0.15, -0.1) is 11.3 Å². The average molecular weight is 280 g/mol. The van der Waals surface area contributed by atoms with Crippen LogP contribution in [0.25, 0.3) is 0 Å². The highest BCUT2D eigenvalue weighted by Gasteiger charge is 2.17. The van der Waals surface area contributed by atoms with Crippen molar-refractivity contribution in [2.75, 3.05) is 5.75 Å². The van der Waals surface area contributed by atoms with Gasteiger partial charge in [0.2, 0.25) is 0 Å². The Morgan fingerprint density at radius 3 is 2.39 bits per heavy atom. The lowest BCUT2D eigenvalue weighted by molar-refractivity contribution is 0.0992. The summed E-state index contributed by atoms with van der Waals surface area (Å²) in [6, 6.07) is 11.7. The number of Topliss-reactive ketones (excluding diaryl/α,β-unsaturated/α-hetero) is 1. The summed E-state index contributed by atoms with van der Waals surface area (Å²) >= 11 is 1.33. The standard InChI is InChI=1S/C13H12O3S2/c14-12(13-7-4-9-17-13)8-10-18(15,16)11-5-2-1-3-6-11/h1-7,9H,8,10H2. The van der Waals surface area contributed by atoms with Gasteiger partial charge in [0.1, 0.15) is 0 Å². The number of thiophene rings is 1. The van der Waals surface area contributed by atoms with Gasteiger partial charge in [0, 0.05) is 6.42 Å². The van der Waals surface area contributed by atoms with E-state index in [2.05, 4.69) is 0 Å². The Kier molecular flexibility index (Phi) is 3.93. The molecule has 0 aliphatic heterocycles. The van der Waals surface area contributed by atoms with Crippen LogP contribution in [0.2, 0.25) is 0 Å². The van der Waals surface area contributed by atoms with Crippen molar-refractivity contribution >= 4 is 27.0 Å². The second-order valence-corrected chi connectivity index (χ2v) is 6.84. The number of ketones is 1. The van der Waals surface area contributed by atoms with Gasteiger partial charge >= 0.3 is 0 Å². The van der Waals surface area contributed by atoms with E-state index in [1.807, 2.05) is 0 Å². The Hall–Kier alpha value is -1.46. The van der Waals surface area contributed by atoms with E-state index in [4.69, 9.17) is 0 Å². The lowest BCUT2D eigenvalue weighted by Gasteiger charge is -2.03. The summed E-state index contributed by atoms with van der Waals surface area (Å²) in [5, 5.41) is 1.80. The maximum atomic E-state index is 12.0. The molecular formula is C13H12O3S2. The molecule has 0 aliphatic rings. The smallest absolute Gasteiger partial charge is 0.178 e. The Morgan fingerprint density at radius 1 is 1.06 bits per heavy atom. The highest BCUT2D eigenvalue weighted by molar-refractivity contribution is 7.91. The van der Waals surface area contributed by atoms with Crippen molar-refractivity contribution in [2.24, 2.45) is 0 Å². The third-order valence-corrected chi connectivity index (χ3v) is 5.14. The monoisotopic (exact) mass is 280 g/mol. The van der Waals surface area contributed by atoms with Gasteiger partial charge in [-0.25, -0.2) is 8.42 Å². The fourth-order valence-electron chi connectivity index (χ4n) is 1.53. The first-order valence-corrected chi connectivity index (χ1v) is 7.97. The minimum Gasteiger partial charge on any atom is -0.293 e. The van der Waals surface area contributed by atoms with Gasteiger partial charge < -0.3 is 0 Å². The van der Waals surface area contributed by atoms with Crippen LogP contribution in [0.1, 0.15) is 16.1 Å². The van der Waals surface area contributed by atoms with Gasteiger partial charge in [-0.2, -0.15) is 0 Å². The molecule has 0 spiro atoms. The molecule has 2 aromatic rings. The summed E-state index contributed by atoms with van der Waals surface area (Å²) in [5.74, 6) is -0.266. The zero-order valence-corrected chi connectivity index (χ0v) is 11.2. The van der Waals surface area contributed by atoms with Crippen LogP contribution in [0, 0.1) is 0 Å². The summed E-state index contributed by atoms with van der Waals surface area (Å²) in [5.41, 5.74) is 0. The van der Waals surface area contributed by atoms with Crippen LogP contribution >= 0.6 is 11.3 Å². The van der Waals surface area contributed by atoms with Crippen LogP contribution < -0.4 is 0 Å².